The van der Waals surface area contributed by atoms with E-state index in [1.807, 2.05) is 13.8 Å². The molecule has 2 aromatic heterocycles. The molecule has 2 aromatic rings. The van der Waals surface area contributed by atoms with E-state index >= 15 is 0 Å². The highest BCUT2D eigenvalue weighted by molar-refractivity contribution is 8.04. The SMILES string of the molecule is CCOC(=O)C1=C(NC(=O)CSc2nnc(-c3cc(C)on3)o2)S[C@@H](C)[C@@H]1C. The molecule has 9 nitrogen and oxygen atoms in total. The molecule has 0 radical (unpaired) electrons. The number of nitrogens with zero attached hydrogens (tertiary/aromatic N) is 3. The Labute approximate surface area is 170 Å². The second kappa shape index (κ2) is 8.82. The van der Waals surface area contributed by atoms with Crippen LogP contribution in [0.15, 0.2) is 30.8 Å². The highest BCUT2D eigenvalue weighted by Gasteiger charge is 2.35. The van der Waals surface area contributed by atoms with Crippen molar-refractivity contribution in [3.05, 3.63) is 22.4 Å². The lowest BCUT2D eigenvalue weighted by molar-refractivity contribution is -0.139. The summed E-state index contributed by atoms with van der Waals surface area (Å²) in [7, 11) is 0. The molecule has 1 N–H and O–H groups in total. The standard InChI is InChI=1S/C17H20N4O5S2/c1-5-24-16(23)13-9(3)10(4)28-15(13)18-12(22)7-27-17-20-19-14(25-17)11-6-8(2)26-21-11/h6,9-10H,5,7H2,1-4H3,(H,18,22)/t9-,10-/m0/s1. The quantitative estimate of drug-likeness (QED) is 0.524. The van der Waals surface area contributed by atoms with Crippen LogP contribution in [0.5, 0.6) is 0 Å². The average Bonchev–Trinajstić information content (AvgIpc) is 3.34. The van der Waals surface area contributed by atoms with Gasteiger partial charge < -0.3 is 19.0 Å². The molecule has 0 bridgehead atoms. The Hall–Kier alpha value is -2.27. The Balaban J connectivity index is 1.60. The molecule has 28 heavy (non-hydrogen) atoms. The van der Waals surface area contributed by atoms with Crippen LogP contribution >= 0.6 is 23.5 Å². The van der Waals surface area contributed by atoms with Crippen LogP contribution in [-0.2, 0) is 14.3 Å². The van der Waals surface area contributed by atoms with E-state index in [-0.39, 0.29) is 46.5 Å². The van der Waals surface area contributed by atoms with Gasteiger partial charge in [-0.25, -0.2) is 4.79 Å². The number of thioether (sulfide) groups is 2. The molecule has 3 heterocycles. The van der Waals surface area contributed by atoms with E-state index in [0.717, 1.165) is 11.8 Å². The third kappa shape index (κ3) is 4.58. The zero-order valence-electron chi connectivity index (χ0n) is 15.8. The van der Waals surface area contributed by atoms with Gasteiger partial charge in [-0.3, -0.25) is 4.79 Å². The smallest absolute Gasteiger partial charge is 0.336 e. The lowest BCUT2D eigenvalue weighted by atomic mass is 9.99. The summed E-state index contributed by atoms with van der Waals surface area (Å²) in [4.78, 5) is 24.6. The fraction of sp³-hybridized carbons (Fsp3) is 0.471. The number of hydrogen-bond acceptors (Lipinski definition) is 10. The summed E-state index contributed by atoms with van der Waals surface area (Å²) in [6, 6.07) is 1.68. The van der Waals surface area contributed by atoms with Crippen LogP contribution in [0.1, 0.15) is 26.5 Å². The Morgan fingerprint density at radius 3 is 2.82 bits per heavy atom. The maximum absolute atomic E-state index is 12.3. The van der Waals surface area contributed by atoms with Crippen molar-refractivity contribution in [2.24, 2.45) is 5.92 Å². The second-order valence-corrected chi connectivity index (χ2v) is 8.42. The highest BCUT2D eigenvalue weighted by Crippen LogP contribution is 2.41. The Morgan fingerprint density at radius 2 is 2.14 bits per heavy atom. The van der Waals surface area contributed by atoms with Crippen LogP contribution in [0, 0.1) is 12.8 Å². The molecule has 0 saturated carbocycles. The van der Waals surface area contributed by atoms with Gasteiger partial charge in [0.1, 0.15) is 5.76 Å². The van der Waals surface area contributed by atoms with Gasteiger partial charge in [-0.15, -0.1) is 22.0 Å². The average molecular weight is 425 g/mol. The van der Waals surface area contributed by atoms with Gasteiger partial charge in [0.05, 0.1) is 23.0 Å². The van der Waals surface area contributed by atoms with Crippen LogP contribution in [0.25, 0.3) is 11.6 Å². The summed E-state index contributed by atoms with van der Waals surface area (Å²) in [5, 5.41) is 15.4. The molecule has 3 rings (SSSR count). The molecule has 1 amide bonds. The summed E-state index contributed by atoms with van der Waals surface area (Å²) in [5.74, 6) is 0.247. The normalized spacial score (nSPS) is 19.1. The lowest BCUT2D eigenvalue weighted by Crippen LogP contribution is -2.25. The van der Waals surface area contributed by atoms with Crippen molar-refractivity contribution < 1.29 is 23.3 Å². The van der Waals surface area contributed by atoms with Gasteiger partial charge >= 0.3 is 5.97 Å². The first kappa shape index (κ1) is 20.5. The molecule has 0 spiro atoms. The minimum absolute atomic E-state index is 0.00332. The van der Waals surface area contributed by atoms with Gasteiger partial charge in [-0.05, 0) is 13.8 Å². The molecule has 0 unspecified atom stereocenters. The summed E-state index contributed by atoms with van der Waals surface area (Å²) in [6.07, 6.45) is 0. The zero-order chi connectivity index (χ0) is 20.3. The number of esters is 1. The van der Waals surface area contributed by atoms with E-state index in [4.69, 9.17) is 13.7 Å². The third-order valence-corrected chi connectivity index (χ3v) is 6.19. The zero-order valence-corrected chi connectivity index (χ0v) is 17.5. The third-order valence-electron chi connectivity index (χ3n) is 4.04. The Morgan fingerprint density at radius 1 is 1.36 bits per heavy atom. The molecule has 150 valence electrons. The van der Waals surface area contributed by atoms with Crippen LogP contribution in [0.4, 0.5) is 0 Å². The van der Waals surface area contributed by atoms with Crippen molar-refractivity contribution in [2.75, 3.05) is 12.4 Å². The van der Waals surface area contributed by atoms with Gasteiger partial charge in [0, 0.05) is 17.2 Å². The summed E-state index contributed by atoms with van der Waals surface area (Å²) in [5.41, 5.74) is 0.954. The van der Waals surface area contributed by atoms with E-state index in [2.05, 4.69) is 20.7 Å². The fourth-order valence-corrected chi connectivity index (χ4v) is 4.35. The lowest BCUT2D eigenvalue weighted by Gasteiger charge is -2.11. The number of aryl methyl sites for hydroxylation is 1. The van der Waals surface area contributed by atoms with E-state index < -0.39 is 0 Å². The molecule has 0 fully saturated rings. The van der Waals surface area contributed by atoms with Gasteiger partial charge in [-0.1, -0.05) is 30.8 Å². The van der Waals surface area contributed by atoms with Gasteiger partial charge in [0.15, 0.2) is 5.69 Å². The van der Waals surface area contributed by atoms with Crippen LogP contribution in [0.3, 0.4) is 0 Å². The second-order valence-electron chi connectivity index (χ2n) is 6.11. The van der Waals surface area contributed by atoms with Crippen molar-refractivity contribution in [2.45, 2.75) is 38.2 Å². The summed E-state index contributed by atoms with van der Waals surface area (Å²) in [6.45, 7) is 7.75. The molecule has 11 heteroatoms. The molecular formula is C17H20N4O5S2. The topological polar surface area (TPSA) is 120 Å². The van der Waals surface area contributed by atoms with E-state index in [9.17, 15) is 9.59 Å². The maximum Gasteiger partial charge on any atom is 0.336 e. The molecule has 2 atom stereocenters. The number of carbonyl (C=O) groups is 2. The van der Waals surface area contributed by atoms with E-state index in [1.165, 1.54) is 11.8 Å². The number of rotatable bonds is 7. The minimum Gasteiger partial charge on any atom is -0.463 e. The number of nitrogens with one attached hydrogen (secondary N) is 1. The van der Waals surface area contributed by atoms with Gasteiger partial charge in [-0.2, -0.15) is 0 Å². The first-order chi connectivity index (χ1) is 13.4. The molecule has 1 aliphatic rings. The Kier molecular flexibility index (Phi) is 6.45. The van der Waals surface area contributed by atoms with Crippen molar-refractivity contribution in [3.63, 3.8) is 0 Å². The van der Waals surface area contributed by atoms with Gasteiger partial charge in [0.25, 0.3) is 11.1 Å². The summed E-state index contributed by atoms with van der Waals surface area (Å²) >= 11 is 2.55. The molecule has 0 aliphatic carbocycles. The fourth-order valence-electron chi connectivity index (χ4n) is 2.51. The first-order valence-corrected chi connectivity index (χ1v) is 10.5. The number of hydrogen-bond donors (Lipinski definition) is 1. The van der Waals surface area contributed by atoms with E-state index in [1.54, 1.807) is 19.9 Å². The Bertz CT molecular complexity index is 907. The maximum atomic E-state index is 12.3. The van der Waals surface area contributed by atoms with Crippen molar-refractivity contribution in [1.29, 1.82) is 0 Å². The largest absolute Gasteiger partial charge is 0.463 e. The highest BCUT2D eigenvalue weighted by atomic mass is 32.2. The van der Waals surface area contributed by atoms with Gasteiger partial charge in [0.2, 0.25) is 5.91 Å². The molecule has 0 aromatic carbocycles. The minimum atomic E-state index is -0.390. The number of amides is 1. The predicted octanol–water partition coefficient (Wildman–Crippen LogP) is 2.79. The van der Waals surface area contributed by atoms with Crippen molar-refractivity contribution in [1.82, 2.24) is 20.7 Å². The predicted molar refractivity (Wildman–Crippen MR) is 103 cm³/mol. The molecule has 0 saturated heterocycles. The molecular weight excluding hydrogens is 404 g/mol. The summed E-state index contributed by atoms with van der Waals surface area (Å²) < 4.78 is 15.6. The number of carbonyl (C=O) groups excluding carboxylic acids is 2. The van der Waals surface area contributed by atoms with Crippen molar-refractivity contribution >= 4 is 35.4 Å². The number of ether oxygens (including phenoxy) is 1. The van der Waals surface area contributed by atoms with Crippen LogP contribution in [0.2, 0.25) is 0 Å². The number of aromatic nitrogens is 3. The van der Waals surface area contributed by atoms with Crippen molar-refractivity contribution in [3.8, 4) is 11.6 Å². The molecule has 1 aliphatic heterocycles. The van der Waals surface area contributed by atoms with Crippen LogP contribution < -0.4 is 5.32 Å². The van der Waals surface area contributed by atoms with E-state index in [0.29, 0.717) is 22.1 Å². The van der Waals surface area contributed by atoms with Crippen LogP contribution in [-0.4, -0.2) is 44.8 Å². The first-order valence-electron chi connectivity index (χ1n) is 8.66. The monoisotopic (exact) mass is 424 g/mol.